The first-order valence-electron chi connectivity index (χ1n) is 34.9. The standard InChI is InChI=1S/C68H135NO10/c1-3-5-7-9-11-13-15-17-19-21-22-23-24-25-26-27-28-29-30-31-32-33-34-35-36-37-38-39-40-42-44-46-48-50-52-54-56-61(72)67(77)69-59(58-78-68-66(76)65(75)64(74)62(57-70)79-68)63(73)60(71)55-53-51-49-47-45-43-41-20-18-16-14-12-10-8-6-4-2/h59-66,68,70-76H,3-58H2,1-2H3,(H,69,77). The van der Waals surface area contributed by atoms with Crippen LogP contribution in [0.2, 0.25) is 0 Å². The molecular weight excluding hydrogens is 991 g/mol. The average Bonchev–Trinajstić information content (AvgIpc) is 3.48. The van der Waals surface area contributed by atoms with Crippen molar-refractivity contribution >= 4 is 5.91 Å². The van der Waals surface area contributed by atoms with Gasteiger partial charge in [-0.25, -0.2) is 0 Å². The van der Waals surface area contributed by atoms with Crippen LogP contribution in [0.3, 0.4) is 0 Å². The van der Waals surface area contributed by atoms with Crippen LogP contribution in [0, 0.1) is 0 Å². The molecule has 1 aliphatic rings. The Morgan fingerprint density at radius 3 is 0.937 bits per heavy atom. The van der Waals surface area contributed by atoms with Crippen LogP contribution in [0.25, 0.3) is 0 Å². The van der Waals surface area contributed by atoms with Crippen LogP contribution in [0.15, 0.2) is 0 Å². The van der Waals surface area contributed by atoms with Gasteiger partial charge in [0.25, 0.3) is 0 Å². The molecule has 0 saturated carbocycles. The van der Waals surface area contributed by atoms with Crippen molar-refractivity contribution in [1.82, 2.24) is 5.32 Å². The van der Waals surface area contributed by atoms with Gasteiger partial charge in [-0.15, -0.1) is 0 Å². The van der Waals surface area contributed by atoms with Gasteiger partial charge in [0.05, 0.1) is 25.4 Å². The van der Waals surface area contributed by atoms with Gasteiger partial charge >= 0.3 is 0 Å². The van der Waals surface area contributed by atoms with E-state index in [1.165, 1.54) is 283 Å². The lowest BCUT2D eigenvalue weighted by molar-refractivity contribution is -0.303. The maximum atomic E-state index is 13.2. The number of rotatable bonds is 62. The van der Waals surface area contributed by atoms with E-state index in [0.717, 1.165) is 38.5 Å². The normalized spacial score (nSPS) is 19.2. The molecule has 11 nitrogen and oxygen atoms in total. The number of carbonyl (C=O) groups is 1. The highest BCUT2D eigenvalue weighted by molar-refractivity contribution is 5.80. The zero-order valence-electron chi connectivity index (χ0n) is 52.1. The third kappa shape index (κ3) is 45.2. The summed E-state index contributed by atoms with van der Waals surface area (Å²) in [5.74, 6) is -0.688. The van der Waals surface area contributed by atoms with Crippen LogP contribution < -0.4 is 5.32 Å². The number of hydrogen-bond donors (Lipinski definition) is 8. The molecule has 0 radical (unpaired) electrons. The molecule has 11 heteroatoms. The minimum Gasteiger partial charge on any atom is -0.394 e. The average molecular weight is 1130 g/mol. The van der Waals surface area contributed by atoms with Gasteiger partial charge in [0.1, 0.15) is 36.6 Å². The molecule has 1 fully saturated rings. The van der Waals surface area contributed by atoms with Crippen LogP contribution in [0.5, 0.6) is 0 Å². The van der Waals surface area contributed by atoms with E-state index in [9.17, 15) is 40.5 Å². The van der Waals surface area contributed by atoms with E-state index in [1.807, 2.05) is 0 Å². The van der Waals surface area contributed by atoms with Crippen molar-refractivity contribution in [1.29, 1.82) is 0 Å². The van der Waals surface area contributed by atoms with Crippen molar-refractivity contribution in [2.24, 2.45) is 0 Å². The fraction of sp³-hybridized carbons (Fsp3) is 0.985. The van der Waals surface area contributed by atoms with Crippen molar-refractivity contribution < 1.29 is 50.0 Å². The summed E-state index contributed by atoms with van der Waals surface area (Å²) in [6, 6.07) is -1.16. The first-order valence-corrected chi connectivity index (χ1v) is 34.9. The number of aliphatic hydroxyl groups is 7. The number of amides is 1. The van der Waals surface area contributed by atoms with E-state index in [-0.39, 0.29) is 6.42 Å². The number of carbonyl (C=O) groups excluding carboxylic acids is 1. The van der Waals surface area contributed by atoms with Crippen LogP contribution in [0.4, 0.5) is 0 Å². The molecule has 0 aromatic rings. The molecular formula is C68H135NO10. The molecule has 0 aromatic heterocycles. The number of aliphatic hydroxyl groups excluding tert-OH is 7. The van der Waals surface area contributed by atoms with Gasteiger partial charge in [-0.3, -0.25) is 4.79 Å². The van der Waals surface area contributed by atoms with Crippen molar-refractivity contribution in [3.63, 3.8) is 0 Å². The highest BCUT2D eigenvalue weighted by atomic mass is 16.7. The lowest BCUT2D eigenvalue weighted by Gasteiger charge is -2.40. The zero-order valence-corrected chi connectivity index (χ0v) is 52.1. The smallest absolute Gasteiger partial charge is 0.249 e. The van der Waals surface area contributed by atoms with E-state index in [0.29, 0.717) is 19.3 Å². The predicted octanol–water partition coefficient (Wildman–Crippen LogP) is 16.5. The number of unbranched alkanes of at least 4 members (excludes halogenated alkanes) is 50. The van der Waals surface area contributed by atoms with Crippen molar-refractivity contribution in [2.75, 3.05) is 13.2 Å². The Hall–Kier alpha value is -0.890. The van der Waals surface area contributed by atoms with Crippen LogP contribution in [-0.2, 0) is 14.3 Å². The molecule has 79 heavy (non-hydrogen) atoms. The Bertz CT molecular complexity index is 1250. The van der Waals surface area contributed by atoms with E-state index in [4.69, 9.17) is 9.47 Å². The molecule has 1 saturated heterocycles. The Labute approximate surface area is 488 Å². The summed E-state index contributed by atoms with van der Waals surface area (Å²) in [4.78, 5) is 13.2. The fourth-order valence-electron chi connectivity index (χ4n) is 11.8. The van der Waals surface area contributed by atoms with Gasteiger partial charge in [-0.1, -0.05) is 348 Å². The summed E-state index contributed by atoms with van der Waals surface area (Å²) in [5, 5.41) is 76.4. The molecule has 8 N–H and O–H groups in total. The summed E-state index contributed by atoms with van der Waals surface area (Å²) >= 11 is 0. The maximum Gasteiger partial charge on any atom is 0.249 e. The summed E-state index contributed by atoms with van der Waals surface area (Å²) in [5.41, 5.74) is 0. The lowest BCUT2D eigenvalue weighted by Crippen LogP contribution is -2.60. The van der Waals surface area contributed by atoms with Crippen molar-refractivity contribution in [2.45, 2.75) is 416 Å². The molecule has 9 unspecified atom stereocenters. The van der Waals surface area contributed by atoms with E-state index < -0.39 is 74.2 Å². The zero-order chi connectivity index (χ0) is 57.5. The maximum absolute atomic E-state index is 13.2. The minimum absolute atomic E-state index is 0.267. The molecule has 1 amide bonds. The Balaban J connectivity index is 2.11. The van der Waals surface area contributed by atoms with Crippen molar-refractivity contribution in [3.8, 4) is 0 Å². The van der Waals surface area contributed by atoms with E-state index in [2.05, 4.69) is 19.2 Å². The highest BCUT2D eigenvalue weighted by Gasteiger charge is 2.44. The van der Waals surface area contributed by atoms with E-state index in [1.54, 1.807) is 0 Å². The number of hydrogen-bond acceptors (Lipinski definition) is 10. The molecule has 0 spiro atoms. The first kappa shape index (κ1) is 76.1. The molecule has 0 aromatic carbocycles. The molecule has 0 aliphatic carbocycles. The van der Waals surface area contributed by atoms with Gasteiger partial charge in [-0.2, -0.15) is 0 Å². The second kappa shape index (κ2) is 57.5. The highest BCUT2D eigenvalue weighted by Crippen LogP contribution is 2.24. The van der Waals surface area contributed by atoms with Crippen LogP contribution >= 0.6 is 0 Å². The molecule has 0 bridgehead atoms. The van der Waals surface area contributed by atoms with Crippen LogP contribution in [-0.4, -0.2) is 110 Å². The number of ether oxygens (including phenoxy) is 2. The van der Waals surface area contributed by atoms with Gasteiger partial charge in [0, 0.05) is 0 Å². The summed E-state index contributed by atoms with van der Waals surface area (Å²) in [6.45, 7) is 3.51. The molecule has 1 rings (SSSR count). The van der Waals surface area contributed by atoms with Gasteiger partial charge in [0.2, 0.25) is 5.91 Å². The quantitative estimate of drug-likeness (QED) is 0.0272. The second-order valence-corrected chi connectivity index (χ2v) is 25.0. The third-order valence-electron chi connectivity index (χ3n) is 17.4. The molecule has 1 aliphatic heterocycles. The molecule has 472 valence electrons. The number of nitrogens with one attached hydrogen (secondary N) is 1. The Kier molecular flexibility index (Phi) is 55.4. The minimum atomic E-state index is -1.66. The summed E-state index contributed by atoms with van der Waals surface area (Å²) in [6.07, 6.45) is 57.7. The van der Waals surface area contributed by atoms with Crippen molar-refractivity contribution in [3.05, 3.63) is 0 Å². The molecule has 9 atom stereocenters. The lowest BCUT2D eigenvalue weighted by atomic mass is 9.98. The Morgan fingerprint density at radius 1 is 0.392 bits per heavy atom. The largest absolute Gasteiger partial charge is 0.394 e. The monoisotopic (exact) mass is 1130 g/mol. The second-order valence-electron chi connectivity index (χ2n) is 25.0. The van der Waals surface area contributed by atoms with Gasteiger partial charge in [-0.05, 0) is 12.8 Å². The SMILES string of the molecule is CCCCCCCCCCCCCCCCCCCCCCCCCCCCCCCCCCCCCCC(O)C(=O)NC(COC1OC(CO)C(O)C(O)C1O)C(O)C(O)CCCCCCCCCCCCCCCCCC. The third-order valence-corrected chi connectivity index (χ3v) is 17.4. The predicted molar refractivity (Wildman–Crippen MR) is 330 cm³/mol. The first-order chi connectivity index (χ1) is 38.7. The summed E-state index contributed by atoms with van der Waals surface area (Å²) < 4.78 is 11.2. The fourth-order valence-corrected chi connectivity index (χ4v) is 11.8. The topological polar surface area (TPSA) is 189 Å². The van der Waals surface area contributed by atoms with Crippen LogP contribution in [0.1, 0.15) is 361 Å². The summed E-state index contributed by atoms with van der Waals surface area (Å²) in [7, 11) is 0. The molecule has 1 heterocycles. The van der Waals surface area contributed by atoms with Gasteiger partial charge < -0.3 is 50.5 Å². The van der Waals surface area contributed by atoms with E-state index >= 15 is 0 Å². The van der Waals surface area contributed by atoms with Gasteiger partial charge in [0.15, 0.2) is 6.29 Å². The Morgan fingerprint density at radius 2 is 0.658 bits per heavy atom.